The molecule has 2 saturated heterocycles. The van der Waals surface area contributed by atoms with Crippen molar-refractivity contribution in [2.24, 2.45) is 0 Å². The van der Waals surface area contributed by atoms with Crippen LogP contribution in [0.4, 0.5) is 0 Å². The van der Waals surface area contributed by atoms with Gasteiger partial charge in [-0.1, -0.05) is 30.3 Å². The van der Waals surface area contributed by atoms with Crippen molar-refractivity contribution < 1.29 is 33.3 Å². The van der Waals surface area contributed by atoms with E-state index in [1.165, 1.54) is 0 Å². The molecule has 4 aliphatic heterocycles. The Hall–Kier alpha value is -5.19. The van der Waals surface area contributed by atoms with Gasteiger partial charge in [0.2, 0.25) is 24.5 Å². The second kappa shape index (κ2) is 10.5. The Morgan fingerprint density at radius 1 is 0.911 bits per heavy atom. The second-order valence-corrected chi connectivity index (χ2v) is 11.8. The summed E-state index contributed by atoms with van der Waals surface area (Å²) in [6.07, 6.45) is 0.552. The van der Waals surface area contributed by atoms with Crippen molar-refractivity contribution in [2.45, 2.75) is 31.0 Å². The minimum absolute atomic E-state index is 0.0896. The van der Waals surface area contributed by atoms with Crippen molar-refractivity contribution in [3.8, 4) is 23.0 Å². The first kappa shape index (κ1) is 27.4. The smallest absolute Gasteiger partial charge is 0.248 e. The molecule has 2 fully saturated rings. The number of rotatable bonds is 5. The molecule has 1 unspecified atom stereocenters. The first-order valence-corrected chi connectivity index (χ1v) is 15.1. The molecular formula is C34H32N4O7. The van der Waals surface area contributed by atoms with Crippen molar-refractivity contribution in [3.63, 3.8) is 0 Å². The minimum atomic E-state index is -0.778. The summed E-state index contributed by atoms with van der Waals surface area (Å²) in [5.41, 5.74) is 4.48. The summed E-state index contributed by atoms with van der Waals surface area (Å²) in [5.74, 6) is 2.00. The molecule has 230 valence electrons. The van der Waals surface area contributed by atoms with Gasteiger partial charge in [0.1, 0.15) is 12.1 Å². The third kappa shape index (κ3) is 4.28. The van der Waals surface area contributed by atoms with Gasteiger partial charge in [-0.2, -0.15) is 0 Å². The van der Waals surface area contributed by atoms with Gasteiger partial charge in [-0.15, -0.1) is 0 Å². The lowest BCUT2D eigenvalue weighted by Gasteiger charge is -2.52. The largest absolute Gasteiger partial charge is 0.493 e. The summed E-state index contributed by atoms with van der Waals surface area (Å²) in [7, 11) is 3.12. The van der Waals surface area contributed by atoms with Crippen LogP contribution < -0.4 is 18.9 Å². The zero-order valence-electron chi connectivity index (χ0n) is 24.9. The first-order chi connectivity index (χ1) is 21.9. The molecule has 3 amide bonds. The van der Waals surface area contributed by atoms with Crippen LogP contribution in [0.2, 0.25) is 0 Å². The van der Waals surface area contributed by atoms with Crippen LogP contribution in [0.5, 0.6) is 23.0 Å². The number of fused-ring (bicyclic) bond motifs is 6. The maximum absolute atomic E-state index is 14.6. The topological polar surface area (TPSA) is 114 Å². The quantitative estimate of drug-likeness (QED) is 0.371. The fourth-order valence-electron chi connectivity index (χ4n) is 7.31. The number of benzene rings is 3. The third-order valence-corrected chi connectivity index (χ3v) is 9.49. The molecule has 1 N–H and O–H groups in total. The number of aromatic amines is 1. The van der Waals surface area contributed by atoms with Crippen LogP contribution in [0.3, 0.4) is 0 Å². The normalized spacial score (nSPS) is 21.8. The fourth-order valence-corrected chi connectivity index (χ4v) is 7.31. The molecule has 11 nitrogen and oxygen atoms in total. The number of hydrogen-bond acceptors (Lipinski definition) is 7. The number of H-pyrrole nitrogens is 1. The highest BCUT2D eigenvalue weighted by Crippen LogP contribution is 2.46. The number of methoxy groups -OCH3 is 2. The molecule has 11 heteroatoms. The number of hydrogen-bond donors (Lipinski definition) is 1. The molecule has 4 aromatic rings. The number of nitrogens with one attached hydrogen (secondary N) is 1. The molecule has 45 heavy (non-hydrogen) atoms. The summed E-state index contributed by atoms with van der Waals surface area (Å²) in [6, 6.07) is 17.1. The average Bonchev–Trinajstić information content (AvgIpc) is 3.70. The Kier molecular flexibility index (Phi) is 6.36. The van der Waals surface area contributed by atoms with Gasteiger partial charge in [0.25, 0.3) is 0 Å². The van der Waals surface area contributed by atoms with Crippen molar-refractivity contribution in [2.75, 3.05) is 40.6 Å². The number of ether oxygens (including phenoxy) is 4. The molecule has 0 aliphatic carbocycles. The van der Waals surface area contributed by atoms with Crippen LogP contribution in [-0.2, 0) is 27.2 Å². The van der Waals surface area contributed by atoms with E-state index in [4.69, 9.17) is 18.9 Å². The molecule has 3 aromatic carbocycles. The molecule has 4 aliphatic rings. The van der Waals surface area contributed by atoms with E-state index in [0.29, 0.717) is 42.5 Å². The van der Waals surface area contributed by atoms with Gasteiger partial charge in [0.05, 0.1) is 33.2 Å². The monoisotopic (exact) mass is 608 g/mol. The molecule has 1 aromatic heterocycles. The van der Waals surface area contributed by atoms with E-state index >= 15 is 0 Å². The summed E-state index contributed by atoms with van der Waals surface area (Å²) >= 11 is 0. The molecule has 0 saturated carbocycles. The average molecular weight is 609 g/mol. The van der Waals surface area contributed by atoms with E-state index in [1.807, 2.05) is 42.5 Å². The van der Waals surface area contributed by atoms with Crippen molar-refractivity contribution in [3.05, 3.63) is 83.0 Å². The molecule has 0 bridgehead atoms. The van der Waals surface area contributed by atoms with Gasteiger partial charge in [0, 0.05) is 36.1 Å². The zero-order chi connectivity index (χ0) is 30.8. The predicted octanol–water partition coefficient (Wildman–Crippen LogP) is 3.05. The summed E-state index contributed by atoms with van der Waals surface area (Å²) in [6.45, 7) is 0.924. The molecule has 0 spiro atoms. The molecule has 0 radical (unpaired) electrons. The van der Waals surface area contributed by atoms with Crippen LogP contribution in [-0.4, -0.2) is 90.1 Å². The van der Waals surface area contributed by atoms with Gasteiger partial charge < -0.3 is 38.6 Å². The van der Waals surface area contributed by atoms with Gasteiger partial charge in [-0.05, 0) is 47.0 Å². The zero-order valence-corrected chi connectivity index (χ0v) is 24.9. The standard InChI is InChI=1S/C34H32N4O7/c1-42-26-9-7-19(13-28(26)43-2)14-30(39)36-11-12-37-25(17-36)34(41)38-24(33(37)40)16-22-21-5-3-4-6-23(21)35-31(22)32(38)20-8-10-27-29(15-20)45-18-44-27/h3-10,13,15,24-25,32,35H,11-12,14,16-18H2,1-2H3/t24-,25?,32-/m1/s1. The first-order valence-electron chi connectivity index (χ1n) is 15.1. The van der Waals surface area contributed by atoms with Gasteiger partial charge in [-0.25, -0.2) is 0 Å². The van der Waals surface area contributed by atoms with Crippen molar-refractivity contribution in [1.82, 2.24) is 19.7 Å². The van der Waals surface area contributed by atoms with Crippen LogP contribution in [0.25, 0.3) is 10.9 Å². The molecule has 5 heterocycles. The Bertz CT molecular complexity index is 1870. The van der Waals surface area contributed by atoms with Crippen LogP contribution in [0.1, 0.15) is 28.4 Å². The lowest BCUT2D eigenvalue weighted by molar-refractivity contribution is -0.169. The fraction of sp³-hybridized carbons (Fsp3) is 0.324. The van der Waals surface area contributed by atoms with E-state index in [1.54, 1.807) is 41.1 Å². The molecule has 3 atom stereocenters. The van der Waals surface area contributed by atoms with E-state index in [9.17, 15) is 14.4 Å². The van der Waals surface area contributed by atoms with Gasteiger partial charge in [-0.3, -0.25) is 14.4 Å². The minimum Gasteiger partial charge on any atom is -0.493 e. The van der Waals surface area contributed by atoms with Crippen molar-refractivity contribution in [1.29, 1.82) is 0 Å². The summed E-state index contributed by atoms with van der Waals surface area (Å²) < 4.78 is 22.0. The maximum Gasteiger partial charge on any atom is 0.248 e. The van der Waals surface area contributed by atoms with Crippen molar-refractivity contribution >= 4 is 28.6 Å². The van der Waals surface area contributed by atoms with Crippen LogP contribution in [0.15, 0.2) is 60.7 Å². The lowest BCUT2D eigenvalue weighted by Crippen LogP contribution is -2.72. The van der Waals surface area contributed by atoms with E-state index in [2.05, 4.69) is 11.1 Å². The highest BCUT2D eigenvalue weighted by atomic mass is 16.7. The number of carbonyl (C=O) groups excluding carboxylic acids is 3. The number of aromatic nitrogens is 1. The predicted molar refractivity (Wildman–Crippen MR) is 162 cm³/mol. The maximum atomic E-state index is 14.6. The molecular weight excluding hydrogens is 576 g/mol. The number of carbonyl (C=O) groups is 3. The Balaban J connectivity index is 1.13. The number of nitrogens with zero attached hydrogens (tertiary/aromatic N) is 3. The van der Waals surface area contributed by atoms with E-state index in [-0.39, 0.29) is 37.5 Å². The number of amides is 3. The van der Waals surface area contributed by atoms with E-state index in [0.717, 1.165) is 33.3 Å². The van der Waals surface area contributed by atoms with Crippen LogP contribution >= 0.6 is 0 Å². The Labute approximate surface area is 259 Å². The van der Waals surface area contributed by atoms with E-state index < -0.39 is 18.1 Å². The highest BCUT2D eigenvalue weighted by molar-refractivity contribution is 6.00. The molecule has 8 rings (SSSR count). The SMILES string of the molecule is COc1ccc(CC(=O)N2CCN3C(=O)[C@H]4Cc5c([nH]c6ccccc56)[C@@H](c5ccc6c(c5)OCO6)N4C(=O)C3C2)cc1OC. The number of para-hydroxylation sites is 1. The Morgan fingerprint density at radius 3 is 2.58 bits per heavy atom. The second-order valence-electron chi connectivity index (χ2n) is 11.8. The summed E-state index contributed by atoms with van der Waals surface area (Å²) in [5, 5.41) is 1.05. The summed E-state index contributed by atoms with van der Waals surface area (Å²) in [4.78, 5) is 51.0. The highest BCUT2D eigenvalue weighted by Gasteiger charge is 2.54. The van der Waals surface area contributed by atoms with Gasteiger partial charge >= 0.3 is 0 Å². The lowest BCUT2D eigenvalue weighted by atomic mass is 9.84. The number of piperazine rings is 2. The Morgan fingerprint density at radius 2 is 1.73 bits per heavy atom. The van der Waals surface area contributed by atoms with Gasteiger partial charge in [0.15, 0.2) is 23.0 Å². The van der Waals surface area contributed by atoms with Crippen LogP contribution in [0, 0.1) is 0 Å². The third-order valence-electron chi connectivity index (χ3n) is 9.49.